The van der Waals surface area contributed by atoms with E-state index in [-0.39, 0.29) is 28.5 Å². The number of aromatic carboxylic acids is 1. The number of nitrogens with one attached hydrogen (secondary N) is 2. The molecule has 0 bridgehead atoms. The summed E-state index contributed by atoms with van der Waals surface area (Å²) in [4.78, 5) is 23.0. The zero-order chi connectivity index (χ0) is 14.0. The van der Waals surface area contributed by atoms with Gasteiger partial charge in [0.1, 0.15) is 0 Å². The fraction of sp³-hybridized carbons (Fsp3) is 0.385. The second-order valence-corrected chi connectivity index (χ2v) is 5.10. The normalized spacial score (nSPS) is 22.2. The third-order valence-electron chi connectivity index (χ3n) is 3.27. The molecule has 1 aliphatic rings. The van der Waals surface area contributed by atoms with Gasteiger partial charge in [-0.25, -0.2) is 4.79 Å². The first-order chi connectivity index (χ1) is 8.97. The van der Waals surface area contributed by atoms with Crippen LogP contribution in [0.2, 0.25) is 5.02 Å². The van der Waals surface area contributed by atoms with Gasteiger partial charge in [-0.2, -0.15) is 0 Å². The monoisotopic (exact) mass is 282 g/mol. The molecule has 5 nitrogen and oxygen atoms in total. The predicted octanol–water partition coefficient (Wildman–Crippen LogP) is 1.97. The lowest BCUT2D eigenvalue weighted by molar-refractivity contribution is -0.120. The Balaban J connectivity index is 2.14. The number of halogens is 1. The van der Waals surface area contributed by atoms with Crippen molar-refractivity contribution in [1.82, 2.24) is 5.32 Å². The van der Waals surface area contributed by atoms with E-state index in [1.807, 2.05) is 6.92 Å². The van der Waals surface area contributed by atoms with Crippen LogP contribution in [0.15, 0.2) is 18.2 Å². The molecule has 19 heavy (non-hydrogen) atoms. The van der Waals surface area contributed by atoms with Crippen LogP contribution < -0.4 is 10.6 Å². The Bertz CT molecular complexity index is 519. The average molecular weight is 283 g/mol. The summed E-state index contributed by atoms with van der Waals surface area (Å²) in [7, 11) is 0. The third-order valence-corrected chi connectivity index (χ3v) is 3.49. The Morgan fingerprint density at radius 3 is 2.74 bits per heavy atom. The number of carboxylic acids is 1. The van der Waals surface area contributed by atoms with E-state index in [0.29, 0.717) is 5.69 Å². The maximum atomic E-state index is 12.1. The molecular weight excluding hydrogens is 268 g/mol. The molecule has 1 heterocycles. The largest absolute Gasteiger partial charge is 0.478 e. The molecular formula is C13H15ClN2O3. The van der Waals surface area contributed by atoms with Crippen LogP contribution in [0.5, 0.6) is 0 Å². The van der Waals surface area contributed by atoms with Crippen molar-refractivity contribution in [3.63, 3.8) is 0 Å². The molecule has 0 aliphatic carbocycles. The molecule has 2 atom stereocenters. The van der Waals surface area contributed by atoms with Crippen molar-refractivity contribution >= 4 is 29.2 Å². The summed E-state index contributed by atoms with van der Waals surface area (Å²) >= 11 is 5.84. The standard InChI is InChI=1S/C13H15ClN2O3/c1-7-11(2-3-15-7)12(17)16-10-5-8(13(18)19)4-9(14)6-10/h4-7,11,15H,2-3H2,1H3,(H,16,17)(H,18,19). The maximum Gasteiger partial charge on any atom is 0.335 e. The van der Waals surface area contributed by atoms with E-state index in [2.05, 4.69) is 10.6 Å². The molecule has 1 aliphatic heterocycles. The minimum atomic E-state index is -1.08. The summed E-state index contributed by atoms with van der Waals surface area (Å²) in [5.41, 5.74) is 0.467. The topological polar surface area (TPSA) is 78.4 Å². The molecule has 102 valence electrons. The zero-order valence-electron chi connectivity index (χ0n) is 10.4. The van der Waals surface area contributed by atoms with Gasteiger partial charge in [-0.3, -0.25) is 4.79 Å². The minimum Gasteiger partial charge on any atom is -0.478 e. The molecule has 0 radical (unpaired) electrons. The number of hydrogen-bond acceptors (Lipinski definition) is 3. The Labute approximate surface area is 116 Å². The molecule has 1 aromatic rings. The third kappa shape index (κ3) is 3.24. The highest BCUT2D eigenvalue weighted by atomic mass is 35.5. The summed E-state index contributed by atoms with van der Waals surface area (Å²) < 4.78 is 0. The number of rotatable bonds is 3. The highest BCUT2D eigenvalue weighted by Crippen LogP contribution is 2.22. The first-order valence-corrected chi connectivity index (χ1v) is 6.43. The van der Waals surface area contributed by atoms with Gasteiger partial charge in [0.25, 0.3) is 0 Å². The van der Waals surface area contributed by atoms with E-state index in [0.717, 1.165) is 13.0 Å². The Hall–Kier alpha value is -1.59. The Kier molecular flexibility index (Phi) is 4.07. The summed E-state index contributed by atoms with van der Waals surface area (Å²) in [5, 5.41) is 15.1. The van der Waals surface area contributed by atoms with Gasteiger partial charge in [0, 0.05) is 16.8 Å². The highest BCUT2D eigenvalue weighted by Gasteiger charge is 2.29. The van der Waals surface area contributed by atoms with E-state index in [9.17, 15) is 9.59 Å². The molecule has 3 N–H and O–H groups in total. The number of carboxylic acid groups (broad SMARTS) is 1. The van der Waals surface area contributed by atoms with Crippen molar-refractivity contribution < 1.29 is 14.7 Å². The Morgan fingerprint density at radius 2 is 2.16 bits per heavy atom. The van der Waals surface area contributed by atoms with E-state index in [4.69, 9.17) is 16.7 Å². The van der Waals surface area contributed by atoms with Crippen LogP contribution in [0.25, 0.3) is 0 Å². The van der Waals surface area contributed by atoms with Gasteiger partial charge in [-0.05, 0) is 38.1 Å². The molecule has 1 fully saturated rings. The predicted molar refractivity (Wildman–Crippen MR) is 72.6 cm³/mol. The van der Waals surface area contributed by atoms with Crippen LogP contribution in [0.3, 0.4) is 0 Å². The van der Waals surface area contributed by atoms with Crippen LogP contribution in [0, 0.1) is 5.92 Å². The highest BCUT2D eigenvalue weighted by molar-refractivity contribution is 6.31. The van der Waals surface area contributed by atoms with Gasteiger partial charge in [0.15, 0.2) is 0 Å². The van der Waals surface area contributed by atoms with E-state index in [1.165, 1.54) is 12.1 Å². The lowest BCUT2D eigenvalue weighted by Crippen LogP contribution is -2.32. The number of anilines is 1. The first kappa shape index (κ1) is 13.8. The van der Waals surface area contributed by atoms with Crippen molar-refractivity contribution in [2.75, 3.05) is 11.9 Å². The summed E-state index contributed by atoms with van der Waals surface area (Å²) in [5.74, 6) is -1.29. The fourth-order valence-corrected chi connectivity index (χ4v) is 2.47. The number of benzene rings is 1. The quantitative estimate of drug-likeness (QED) is 0.792. The van der Waals surface area contributed by atoms with Crippen LogP contribution in [0.1, 0.15) is 23.7 Å². The molecule has 0 aromatic heterocycles. The number of hydrogen-bond donors (Lipinski definition) is 3. The van der Waals surface area contributed by atoms with Gasteiger partial charge in [0.05, 0.1) is 11.5 Å². The molecule has 0 spiro atoms. The van der Waals surface area contributed by atoms with Crippen LogP contribution in [0.4, 0.5) is 5.69 Å². The maximum absolute atomic E-state index is 12.1. The van der Waals surface area contributed by atoms with Gasteiger partial charge in [-0.15, -0.1) is 0 Å². The van der Waals surface area contributed by atoms with Gasteiger partial charge < -0.3 is 15.7 Å². The average Bonchev–Trinajstić information content (AvgIpc) is 2.74. The molecule has 1 amide bonds. The molecule has 2 unspecified atom stereocenters. The molecule has 0 saturated carbocycles. The van der Waals surface area contributed by atoms with E-state index < -0.39 is 5.97 Å². The van der Waals surface area contributed by atoms with Crippen LogP contribution in [-0.4, -0.2) is 29.6 Å². The molecule has 1 aromatic carbocycles. The van der Waals surface area contributed by atoms with Crippen molar-refractivity contribution in [2.45, 2.75) is 19.4 Å². The van der Waals surface area contributed by atoms with Gasteiger partial charge in [0.2, 0.25) is 5.91 Å². The van der Waals surface area contributed by atoms with Crippen molar-refractivity contribution in [2.24, 2.45) is 5.92 Å². The van der Waals surface area contributed by atoms with Crippen molar-refractivity contribution in [1.29, 1.82) is 0 Å². The summed E-state index contributed by atoms with van der Waals surface area (Å²) in [6, 6.07) is 4.41. The minimum absolute atomic E-state index is 0.0559. The van der Waals surface area contributed by atoms with Crippen molar-refractivity contribution in [3.05, 3.63) is 28.8 Å². The molecule has 2 rings (SSSR count). The lowest BCUT2D eigenvalue weighted by atomic mass is 10.0. The summed E-state index contributed by atoms with van der Waals surface area (Å²) in [6.45, 7) is 2.77. The van der Waals surface area contributed by atoms with Crippen molar-refractivity contribution in [3.8, 4) is 0 Å². The first-order valence-electron chi connectivity index (χ1n) is 6.05. The SMILES string of the molecule is CC1NCCC1C(=O)Nc1cc(Cl)cc(C(=O)O)c1. The van der Waals surface area contributed by atoms with Gasteiger partial charge in [-0.1, -0.05) is 11.6 Å². The Morgan fingerprint density at radius 1 is 1.42 bits per heavy atom. The second kappa shape index (κ2) is 5.59. The second-order valence-electron chi connectivity index (χ2n) is 4.66. The smallest absolute Gasteiger partial charge is 0.335 e. The number of carbonyl (C=O) groups is 2. The van der Waals surface area contributed by atoms with E-state index in [1.54, 1.807) is 6.07 Å². The molecule has 6 heteroatoms. The molecule has 1 saturated heterocycles. The van der Waals surface area contributed by atoms with E-state index >= 15 is 0 Å². The fourth-order valence-electron chi connectivity index (χ4n) is 2.24. The number of amides is 1. The summed E-state index contributed by atoms with van der Waals surface area (Å²) in [6.07, 6.45) is 0.777. The van der Waals surface area contributed by atoms with Crippen LogP contribution in [-0.2, 0) is 4.79 Å². The van der Waals surface area contributed by atoms with Crippen LogP contribution >= 0.6 is 11.6 Å². The van der Waals surface area contributed by atoms with Gasteiger partial charge >= 0.3 is 5.97 Å². The number of carbonyl (C=O) groups excluding carboxylic acids is 1. The zero-order valence-corrected chi connectivity index (χ0v) is 11.2. The lowest BCUT2D eigenvalue weighted by Gasteiger charge is -2.15.